The highest BCUT2D eigenvalue weighted by Crippen LogP contribution is 2.29. The fourth-order valence-corrected chi connectivity index (χ4v) is 2.48. The van der Waals surface area contributed by atoms with Gasteiger partial charge in [-0.05, 0) is 25.5 Å². The molecule has 4 N–H and O–H groups in total. The summed E-state index contributed by atoms with van der Waals surface area (Å²) in [6.07, 6.45) is 0.440. The van der Waals surface area contributed by atoms with Gasteiger partial charge in [0.05, 0.1) is 17.4 Å². The molecule has 1 heterocycles. The van der Waals surface area contributed by atoms with Crippen LogP contribution in [-0.2, 0) is 0 Å². The molecule has 1 fully saturated rings. The average molecular weight is 267 g/mol. The first kappa shape index (κ1) is 13.6. The van der Waals surface area contributed by atoms with Crippen molar-refractivity contribution < 1.29 is 14.7 Å². The predicted octanol–water partition coefficient (Wildman–Crippen LogP) is 1.13. The number of aliphatic hydroxyl groups is 1. The Morgan fingerprint density at radius 3 is 2.89 bits per heavy atom. The van der Waals surface area contributed by atoms with Gasteiger partial charge in [-0.15, -0.1) is 0 Å². The van der Waals surface area contributed by atoms with E-state index in [0.29, 0.717) is 18.8 Å². The Balaban J connectivity index is 2.33. The van der Waals surface area contributed by atoms with Crippen LogP contribution in [0.15, 0.2) is 23.4 Å². The van der Waals surface area contributed by atoms with Gasteiger partial charge in [0.25, 0.3) is 0 Å². The zero-order chi connectivity index (χ0) is 14.0. The summed E-state index contributed by atoms with van der Waals surface area (Å²) in [6, 6.07) is 4.61. The topological polar surface area (TPSA) is 82.1 Å². The highest BCUT2D eigenvalue weighted by Gasteiger charge is 2.28. The van der Waals surface area contributed by atoms with E-state index in [-0.39, 0.29) is 17.3 Å². The van der Waals surface area contributed by atoms with Crippen LogP contribution in [-0.4, -0.2) is 35.3 Å². The van der Waals surface area contributed by atoms with E-state index in [2.05, 4.69) is 5.16 Å². The van der Waals surface area contributed by atoms with E-state index in [1.165, 1.54) is 6.07 Å². The van der Waals surface area contributed by atoms with E-state index >= 15 is 0 Å². The SMILES string of the molecule is CC(O)C1CCN(c2cccc(F)c2/C(N)=N/O)C1. The molecule has 1 aromatic rings. The number of nitrogens with two attached hydrogens (primary N) is 1. The van der Waals surface area contributed by atoms with E-state index in [0.717, 1.165) is 6.42 Å². The normalized spacial score (nSPS) is 21.7. The van der Waals surface area contributed by atoms with Crippen LogP contribution in [0.25, 0.3) is 0 Å². The Morgan fingerprint density at radius 1 is 1.58 bits per heavy atom. The first-order chi connectivity index (χ1) is 9.04. The van der Waals surface area contributed by atoms with E-state index in [9.17, 15) is 9.50 Å². The van der Waals surface area contributed by atoms with Gasteiger partial charge in [0, 0.05) is 19.0 Å². The molecular weight excluding hydrogens is 249 g/mol. The highest BCUT2D eigenvalue weighted by molar-refractivity contribution is 6.02. The standard InChI is InChI=1S/C13H18FN3O2/c1-8(18)9-5-6-17(7-9)11-4-2-3-10(14)12(11)13(15)16-19/h2-4,8-9,18-19H,5-7H2,1H3,(H2,15,16). The zero-order valence-corrected chi connectivity index (χ0v) is 10.8. The average Bonchev–Trinajstić information content (AvgIpc) is 2.87. The number of hydrogen-bond acceptors (Lipinski definition) is 4. The molecule has 1 aromatic carbocycles. The summed E-state index contributed by atoms with van der Waals surface area (Å²) in [7, 11) is 0. The molecule has 1 aliphatic rings. The Kier molecular flexibility index (Phi) is 3.90. The summed E-state index contributed by atoms with van der Waals surface area (Å²) >= 11 is 0. The van der Waals surface area contributed by atoms with Crippen molar-refractivity contribution in [1.82, 2.24) is 0 Å². The van der Waals surface area contributed by atoms with Gasteiger partial charge in [-0.3, -0.25) is 0 Å². The second-order valence-electron chi connectivity index (χ2n) is 4.85. The largest absolute Gasteiger partial charge is 0.409 e. The van der Waals surface area contributed by atoms with Crippen molar-refractivity contribution in [2.45, 2.75) is 19.4 Å². The maximum absolute atomic E-state index is 13.8. The van der Waals surface area contributed by atoms with E-state index in [4.69, 9.17) is 10.9 Å². The molecule has 2 atom stereocenters. The Bertz CT molecular complexity index is 491. The molecule has 1 aliphatic heterocycles. The number of benzene rings is 1. The number of oxime groups is 1. The molecule has 2 unspecified atom stereocenters. The van der Waals surface area contributed by atoms with Crippen molar-refractivity contribution in [2.24, 2.45) is 16.8 Å². The monoisotopic (exact) mass is 267 g/mol. The molecule has 0 bridgehead atoms. The minimum Gasteiger partial charge on any atom is -0.409 e. The summed E-state index contributed by atoms with van der Waals surface area (Å²) < 4.78 is 13.8. The number of amidine groups is 1. The first-order valence-corrected chi connectivity index (χ1v) is 6.24. The number of nitrogens with zero attached hydrogens (tertiary/aromatic N) is 2. The fraction of sp³-hybridized carbons (Fsp3) is 0.462. The number of anilines is 1. The smallest absolute Gasteiger partial charge is 0.175 e. The van der Waals surface area contributed by atoms with Gasteiger partial charge >= 0.3 is 0 Å². The van der Waals surface area contributed by atoms with Crippen LogP contribution in [0.3, 0.4) is 0 Å². The van der Waals surface area contributed by atoms with Crippen LogP contribution in [0.5, 0.6) is 0 Å². The lowest BCUT2D eigenvalue weighted by Gasteiger charge is -2.22. The lowest BCUT2D eigenvalue weighted by atomic mass is 10.0. The Labute approximate surface area is 111 Å². The van der Waals surface area contributed by atoms with Crippen molar-refractivity contribution in [2.75, 3.05) is 18.0 Å². The van der Waals surface area contributed by atoms with Gasteiger partial charge in [0.1, 0.15) is 5.82 Å². The molecule has 2 rings (SSSR count). The van der Waals surface area contributed by atoms with Crippen LogP contribution in [0, 0.1) is 11.7 Å². The quantitative estimate of drug-likeness (QED) is 0.332. The van der Waals surface area contributed by atoms with Gasteiger partial charge < -0.3 is 20.9 Å². The van der Waals surface area contributed by atoms with Crippen LogP contribution in [0.4, 0.5) is 10.1 Å². The summed E-state index contributed by atoms with van der Waals surface area (Å²) in [5.74, 6) is -0.606. The van der Waals surface area contributed by atoms with Gasteiger partial charge in [-0.25, -0.2) is 4.39 Å². The van der Waals surface area contributed by atoms with Crippen LogP contribution < -0.4 is 10.6 Å². The number of hydrogen-bond donors (Lipinski definition) is 3. The second-order valence-corrected chi connectivity index (χ2v) is 4.85. The fourth-order valence-electron chi connectivity index (χ4n) is 2.48. The van der Waals surface area contributed by atoms with Crippen LogP contribution in [0.1, 0.15) is 18.9 Å². The highest BCUT2D eigenvalue weighted by atomic mass is 19.1. The molecular formula is C13H18FN3O2. The molecule has 1 saturated heterocycles. The number of halogens is 1. The third-order valence-electron chi connectivity index (χ3n) is 3.60. The molecule has 5 nitrogen and oxygen atoms in total. The molecule has 6 heteroatoms. The Hall–Kier alpha value is -1.82. The van der Waals surface area contributed by atoms with Gasteiger partial charge in [0.2, 0.25) is 0 Å². The second kappa shape index (κ2) is 5.44. The first-order valence-electron chi connectivity index (χ1n) is 6.24. The Morgan fingerprint density at radius 2 is 2.32 bits per heavy atom. The molecule has 0 saturated carbocycles. The summed E-state index contributed by atoms with van der Waals surface area (Å²) in [5.41, 5.74) is 6.25. The molecule has 104 valence electrons. The summed E-state index contributed by atoms with van der Waals surface area (Å²) in [5, 5.41) is 21.2. The van der Waals surface area contributed by atoms with Crippen molar-refractivity contribution in [1.29, 1.82) is 0 Å². The van der Waals surface area contributed by atoms with Gasteiger partial charge in [0.15, 0.2) is 5.84 Å². The molecule has 0 radical (unpaired) electrons. The minimum absolute atomic E-state index is 0.108. The minimum atomic E-state index is -0.520. The lowest BCUT2D eigenvalue weighted by molar-refractivity contribution is 0.136. The molecule has 0 aliphatic carbocycles. The lowest BCUT2D eigenvalue weighted by Crippen LogP contribution is -2.27. The van der Waals surface area contributed by atoms with Crippen molar-refractivity contribution in [3.05, 3.63) is 29.6 Å². The zero-order valence-electron chi connectivity index (χ0n) is 10.8. The number of aliphatic hydroxyl groups excluding tert-OH is 1. The van der Waals surface area contributed by atoms with Crippen LogP contribution >= 0.6 is 0 Å². The molecule has 0 spiro atoms. The van der Waals surface area contributed by atoms with Gasteiger partial charge in [-0.2, -0.15) is 0 Å². The summed E-state index contributed by atoms with van der Waals surface area (Å²) in [4.78, 5) is 1.95. The maximum atomic E-state index is 13.8. The summed E-state index contributed by atoms with van der Waals surface area (Å²) in [6.45, 7) is 3.10. The third-order valence-corrected chi connectivity index (χ3v) is 3.60. The van der Waals surface area contributed by atoms with Gasteiger partial charge in [-0.1, -0.05) is 11.2 Å². The molecule has 0 amide bonds. The third kappa shape index (κ3) is 2.63. The maximum Gasteiger partial charge on any atom is 0.175 e. The van der Waals surface area contributed by atoms with E-state index in [1.807, 2.05) is 4.90 Å². The van der Waals surface area contributed by atoms with Crippen LogP contribution in [0.2, 0.25) is 0 Å². The molecule has 19 heavy (non-hydrogen) atoms. The number of rotatable bonds is 3. The molecule has 0 aromatic heterocycles. The van der Waals surface area contributed by atoms with Crippen molar-refractivity contribution in [3.8, 4) is 0 Å². The van der Waals surface area contributed by atoms with Crippen molar-refractivity contribution in [3.63, 3.8) is 0 Å². The van der Waals surface area contributed by atoms with E-state index in [1.54, 1.807) is 19.1 Å². The van der Waals surface area contributed by atoms with Crippen molar-refractivity contribution >= 4 is 11.5 Å². The van der Waals surface area contributed by atoms with E-state index < -0.39 is 11.9 Å². The predicted molar refractivity (Wildman–Crippen MR) is 70.9 cm³/mol.